The van der Waals surface area contributed by atoms with Gasteiger partial charge in [0.2, 0.25) is 0 Å². The molecule has 8 N–H and O–H groups in total. The smallest absolute Gasteiger partial charge is 0.414 e. The number of benzene rings is 7. The highest BCUT2D eigenvalue weighted by molar-refractivity contribution is 7.82. The average molecular weight is 1890 g/mol. The lowest BCUT2D eigenvalue weighted by molar-refractivity contribution is -0.384. The minimum Gasteiger partial charge on any atom is -0.481 e. The molecule has 4 heterocycles. The molecule has 7 aromatic carbocycles. The van der Waals surface area contributed by atoms with Crippen LogP contribution in [0.4, 0.5) is 42.8 Å². The van der Waals surface area contributed by atoms with E-state index in [2.05, 4.69) is 186 Å². The topological polar surface area (TPSA) is 419 Å². The van der Waals surface area contributed by atoms with Crippen molar-refractivity contribution in [2.24, 2.45) is 5.11 Å². The number of aliphatic hydroxyl groups excluding tert-OH is 4. The Kier molecular flexibility index (Phi) is 49.2. The van der Waals surface area contributed by atoms with Crippen molar-refractivity contribution < 1.29 is 96.9 Å². The number of nitro groups is 1. The Morgan fingerprint density at radius 1 is 0.511 bits per heavy atom. The Balaban J connectivity index is 0.000000317. The Morgan fingerprint density at radius 2 is 0.863 bits per heavy atom. The van der Waals surface area contributed by atoms with E-state index in [0.29, 0.717) is 79.1 Å². The van der Waals surface area contributed by atoms with Gasteiger partial charge in [-0.2, -0.15) is 0 Å². The number of hydrogen-bond acceptors (Lipinski definition) is 21. The van der Waals surface area contributed by atoms with E-state index in [0.717, 1.165) is 99.4 Å². The Bertz CT molecular complexity index is 4620. The number of nitrogens with zero attached hydrogens (tertiary/aromatic N) is 7. The van der Waals surface area contributed by atoms with Gasteiger partial charge >= 0.3 is 36.2 Å². The van der Waals surface area contributed by atoms with E-state index in [1.54, 1.807) is 29.2 Å². The van der Waals surface area contributed by atoms with Gasteiger partial charge in [0.05, 0.1) is 58.7 Å². The van der Waals surface area contributed by atoms with Crippen LogP contribution >= 0.6 is 8.13 Å². The number of carbonyl (C=O) groups excluding carboxylic acids is 4. The minimum atomic E-state index is -1.57. The van der Waals surface area contributed by atoms with Gasteiger partial charge in [-0.15, -0.1) is 8.13 Å². The molecule has 4 aliphatic heterocycles. The number of nitro benzene ring substituents is 1. The molecule has 0 bridgehead atoms. The van der Waals surface area contributed by atoms with E-state index < -0.39 is 71.7 Å². The third-order valence-electron chi connectivity index (χ3n) is 23.2. The highest BCUT2D eigenvalue weighted by Gasteiger charge is 2.40. The molecule has 3 amide bonds. The number of carboxylic acid groups (broad SMARTS) is 2. The number of esters is 1. The van der Waals surface area contributed by atoms with E-state index >= 15 is 0 Å². The maximum atomic E-state index is 11.8. The number of hydrogen-bond donors (Lipinski definition) is 7. The average Bonchev–Trinajstić information content (AvgIpc) is 1.70. The third-order valence-corrected chi connectivity index (χ3v) is 43.1. The van der Waals surface area contributed by atoms with Gasteiger partial charge in [0, 0.05) is 85.5 Å². The molecule has 1 unspecified atom stereocenters. The zero-order chi connectivity index (χ0) is 97.7. The van der Waals surface area contributed by atoms with Gasteiger partial charge in [-0.1, -0.05) is 208 Å². The second-order valence-corrected chi connectivity index (χ2v) is 57.0. The van der Waals surface area contributed by atoms with Crippen LogP contribution in [-0.2, 0) is 91.9 Å². The number of aliphatic carboxylic acids is 2. The van der Waals surface area contributed by atoms with Gasteiger partial charge in [0.1, 0.15) is 31.0 Å². The SMILES string of the molecule is CC(C)(C)[Si](C)(C)PCCc1ccc(N2C[C@H](CO)OC2=O)cc1.CCCC(=O)OC[C@H]1CO1.Cc1ccc(CCCO[Si](C)(C)C(C)(C)C)cc1.Cc1ccc(CCO[Si](C)(C)C(C)(C)C)cc1.Nc1ccc(CCC(=O)O)cc1.O=C(O)CCc1ccc([N+](=O)[O-])cc1.O=C1O[C@@H](CO)CN1c1ccc(CCO)cc1.[N-]=[N+]=NC[C@H]1CN(c2ccc(CCO)cc2)C(=O)O1. The summed E-state index contributed by atoms with van der Waals surface area (Å²) in [5, 5.41) is 67.3. The zero-order valence-electron chi connectivity index (χ0n) is 80.2. The molecule has 131 heavy (non-hydrogen) atoms. The lowest BCUT2D eigenvalue weighted by Gasteiger charge is -2.37. The van der Waals surface area contributed by atoms with Crippen molar-refractivity contribution in [3.05, 3.63) is 240 Å². The molecular weight excluding hydrogens is 1740 g/mol. The van der Waals surface area contributed by atoms with Crippen LogP contribution in [0, 0.1) is 24.0 Å². The molecule has 5 atom stereocenters. The van der Waals surface area contributed by atoms with Gasteiger partial charge in [0.25, 0.3) is 5.69 Å². The van der Waals surface area contributed by atoms with Crippen molar-refractivity contribution in [1.29, 1.82) is 0 Å². The number of anilines is 4. The maximum Gasteiger partial charge on any atom is 0.414 e. The molecule has 7 aromatic rings. The van der Waals surface area contributed by atoms with E-state index in [1.807, 2.05) is 79.7 Å². The van der Waals surface area contributed by atoms with Crippen LogP contribution in [0.15, 0.2) is 175 Å². The highest BCUT2D eigenvalue weighted by atomic mass is 31.3. The predicted molar refractivity (Wildman–Crippen MR) is 528 cm³/mol. The number of aliphatic hydroxyl groups is 4. The van der Waals surface area contributed by atoms with Crippen molar-refractivity contribution in [2.45, 2.75) is 239 Å². The first kappa shape index (κ1) is 113. The first-order valence-corrected chi connectivity index (χ1v) is 55.8. The molecule has 0 aromatic heterocycles. The third kappa shape index (κ3) is 43.5. The molecule has 0 saturated carbocycles. The summed E-state index contributed by atoms with van der Waals surface area (Å²) in [6.07, 6.45) is 7.02. The number of azide groups is 1. The van der Waals surface area contributed by atoms with Crippen LogP contribution in [-0.4, -0.2) is 206 Å². The van der Waals surface area contributed by atoms with Crippen LogP contribution < -0.4 is 20.4 Å². The van der Waals surface area contributed by atoms with Gasteiger partial charge in [-0.25, -0.2) is 14.4 Å². The fourth-order valence-electron chi connectivity index (χ4n) is 11.7. The Labute approximate surface area is 779 Å². The molecule has 4 fully saturated rings. The molecule has 33 heteroatoms. The number of non-ortho nitro benzene ring substituents is 1. The fraction of sp³-hybridized carbons (Fsp3) is 0.510. The molecule has 4 aliphatic rings. The standard InChI is InChI=1S/C18H30NO3PSi.C16H28OSi.C15H26OSi.C12H14N4O3.C12H15NO4.C9H9NO4.C9H11NO2.C7H12O3/c1-18(2,3)24(4,5)23-11-10-14-6-8-15(9-7-14)19-12-16(13-20)22-17(19)21;1-14-9-11-15(12-10-14)8-7-13-17-18(5,6)16(2,3)4;1-13-7-9-14(10-8-13)11-12-16-17(5,6)15(2,3)4;13-15-14-7-11-8-16(12(18)19-11)10-3-1-9(2-4-10)5-6-17;14-6-5-9-1-3-10(4-2-9)13-7-11(8-15)17-12(13)16;11-9(12)6-3-7-1-4-8(5-2-7)10(13)14;10-8-4-1-7(2-5-8)3-6-9(11)12;1-2-3-7(8)10-5-6-4-9-6/h6-9,16,20,23H,10-13H2,1-5H3;9-12H,7-8,13H2,1-6H3;7-10H,11-12H2,1-6H3;1-4,11,17H,5-8H2;1-4,11,14-15H,5-8H2;1-2,4-5H,3,6H2,(H,11,12);1-2,4-5H,3,6,10H2,(H,11,12);6H,2-5H2,1H3/t16-;;;2*11-;;;6-/m1..01..1/s1. The molecule has 0 spiro atoms. The molecule has 0 aliphatic carbocycles. The van der Waals surface area contributed by atoms with Gasteiger partial charge in [-0.3, -0.25) is 39.2 Å². The van der Waals surface area contributed by atoms with Crippen LogP contribution in [0.1, 0.15) is 151 Å². The quantitative estimate of drug-likeness (QED) is 0.00158. The number of carbonyl (C=O) groups is 6. The summed E-state index contributed by atoms with van der Waals surface area (Å²) in [5.41, 5.74) is 27.3. The summed E-state index contributed by atoms with van der Waals surface area (Å²) >= 11 is 0. The molecule has 11 rings (SSSR count). The van der Waals surface area contributed by atoms with Crippen LogP contribution in [0.2, 0.25) is 54.4 Å². The van der Waals surface area contributed by atoms with Gasteiger partial charge < -0.3 is 68.9 Å². The fourth-order valence-corrected chi connectivity index (χ4v) is 19.3. The number of carboxylic acids is 2. The summed E-state index contributed by atoms with van der Waals surface area (Å²) in [5.74, 6) is -1.76. The molecule has 0 radical (unpaired) electrons. The number of amides is 3. The predicted octanol–water partition coefficient (Wildman–Crippen LogP) is 19.8. The van der Waals surface area contributed by atoms with Crippen LogP contribution in [0.5, 0.6) is 0 Å². The van der Waals surface area contributed by atoms with Crippen molar-refractivity contribution >= 4 is 97.1 Å². The van der Waals surface area contributed by atoms with Gasteiger partial charge in [0.15, 0.2) is 16.6 Å². The molecule has 29 nitrogen and oxygen atoms in total. The second kappa shape index (κ2) is 56.8. The molecular formula is C98H145N8O21PSi3. The number of rotatable bonds is 35. The monoisotopic (exact) mass is 1880 g/mol. The first-order chi connectivity index (χ1) is 61.7. The van der Waals surface area contributed by atoms with E-state index in [-0.39, 0.29) is 69.7 Å². The number of ether oxygens (including phenoxy) is 5. The van der Waals surface area contributed by atoms with Crippen molar-refractivity contribution in [3.63, 3.8) is 0 Å². The molecule has 720 valence electrons. The van der Waals surface area contributed by atoms with E-state index in [4.69, 9.17) is 74.4 Å². The first-order valence-electron chi connectivity index (χ1n) is 44.8. The van der Waals surface area contributed by atoms with Crippen molar-refractivity contribution in [1.82, 2.24) is 0 Å². The lowest BCUT2D eigenvalue weighted by atomic mass is 10.1. The van der Waals surface area contributed by atoms with Crippen molar-refractivity contribution in [2.75, 3.05) is 106 Å². The number of nitrogens with two attached hydrogens (primary N) is 1. The summed E-state index contributed by atoms with van der Waals surface area (Å²) in [7, 11) is -3.24. The normalized spacial score (nSPS) is 15.7. The van der Waals surface area contributed by atoms with E-state index in [9.17, 15) is 38.9 Å². The van der Waals surface area contributed by atoms with Gasteiger partial charge in [-0.05, 0) is 212 Å². The van der Waals surface area contributed by atoms with Crippen LogP contribution in [0.3, 0.4) is 0 Å². The molecule has 4 saturated heterocycles. The summed E-state index contributed by atoms with van der Waals surface area (Å²) in [6, 6.07) is 53.5. The Hall–Kier alpha value is -9.93. The van der Waals surface area contributed by atoms with E-state index in [1.165, 1.54) is 55.9 Å². The lowest BCUT2D eigenvalue weighted by Crippen LogP contribution is -2.41. The number of aryl methyl sites for hydroxylation is 6. The summed E-state index contributed by atoms with van der Waals surface area (Å²) < 4.78 is 37.2. The van der Waals surface area contributed by atoms with Crippen molar-refractivity contribution in [3.8, 4) is 0 Å². The number of nitrogen functional groups attached to an aromatic ring is 1. The number of cyclic esters (lactones) is 3. The maximum absolute atomic E-state index is 11.8. The second-order valence-electron chi connectivity index (χ2n) is 37.0. The Morgan fingerprint density at radius 3 is 1.21 bits per heavy atom. The van der Waals surface area contributed by atoms with Crippen LogP contribution in [0.25, 0.3) is 10.4 Å². The summed E-state index contributed by atoms with van der Waals surface area (Å²) in [6.45, 7) is 45.4. The highest BCUT2D eigenvalue weighted by Crippen LogP contribution is 2.47. The largest absolute Gasteiger partial charge is 0.481 e. The summed E-state index contributed by atoms with van der Waals surface area (Å²) in [4.78, 5) is 83.2. The zero-order valence-corrected chi connectivity index (χ0v) is 84.2. The number of epoxide rings is 1. The minimum absolute atomic E-state index is 0.0177.